The number of ether oxygens (including phenoxy) is 2. The number of carbonyl (C=O) groups excluding carboxylic acids is 6. The number of hydrogen-bond donors (Lipinski definition) is 0. The maximum Gasteiger partial charge on any atom is 0.266 e. The normalized spacial score (nSPS) is 16.1. The third-order valence-electron chi connectivity index (χ3n) is 19.5. The highest BCUT2D eigenvalue weighted by atomic mass is 16.5. The van der Waals surface area contributed by atoms with Crippen LogP contribution in [-0.2, 0) is 21.5 Å². The fraction of sp³-hybridized carbons (Fsp3) is 0.282. The molecule has 15 heteroatoms. The van der Waals surface area contributed by atoms with Crippen molar-refractivity contribution in [3.05, 3.63) is 206 Å². The summed E-state index contributed by atoms with van der Waals surface area (Å²) in [6, 6.07) is 42.6. The van der Waals surface area contributed by atoms with E-state index in [0.717, 1.165) is 92.0 Å². The Hall–Kier alpha value is -10.1. The number of hydroxylamine groups is 1. The van der Waals surface area contributed by atoms with Crippen molar-refractivity contribution >= 4 is 91.1 Å². The zero-order valence-electron chi connectivity index (χ0n) is 55.0. The van der Waals surface area contributed by atoms with Gasteiger partial charge in [0.05, 0.1) is 35.4 Å². The molecule has 9 aromatic carbocycles. The highest BCUT2D eigenvalue weighted by Crippen LogP contribution is 2.57. The summed E-state index contributed by atoms with van der Waals surface area (Å²) in [6.07, 6.45) is 0. The van der Waals surface area contributed by atoms with E-state index in [1.807, 2.05) is 81.4 Å². The Labute approximate surface area is 541 Å². The van der Waals surface area contributed by atoms with Gasteiger partial charge >= 0.3 is 0 Å². The maximum absolute atomic E-state index is 15.6. The monoisotopic (exact) mass is 1240 g/mol. The highest BCUT2D eigenvalue weighted by molar-refractivity contribution is 6.43. The molecular formula is C78H73N6O9. The molecule has 5 heterocycles. The van der Waals surface area contributed by atoms with Gasteiger partial charge in [0.25, 0.3) is 35.4 Å². The van der Waals surface area contributed by atoms with Crippen LogP contribution in [0.5, 0.6) is 17.2 Å². The molecule has 5 aliphatic rings. The van der Waals surface area contributed by atoms with Gasteiger partial charge in [-0.15, -0.1) is 0 Å². The van der Waals surface area contributed by atoms with Gasteiger partial charge in [0.2, 0.25) is 0 Å². The Morgan fingerprint density at radius 3 is 1.38 bits per heavy atom. The van der Waals surface area contributed by atoms with Gasteiger partial charge < -0.3 is 19.3 Å². The number of amides is 6. The fourth-order valence-electron chi connectivity index (χ4n) is 14.2. The molecule has 0 aromatic heterocycles. The van der Waals surface area contributed by atoms with E-state index >= 15 is 19.2 Å². The van der Waals surface area contributed by atoms with Crippen LogP contribution in [0.3, 0.4) is 0 Å². The Morgan fingerprint density at radius 2 is 0.892 bits per heavy atom. The second-order valence-corrected chi connectivity index (χ2v) is 28.9. The van der Waals surface area contributed by atoms with Gasteiger partial charge in [-0.3, -0.25) is 28.8 Å². The Bertz CT molecular complexity index is 4710. The van der Waals surface area contributed by atoms with E-state index in [2.05, 4.69) is 95.5 Å². The second kappa shape index (κ2) is 21.0. The molecule has 14 rings (SSSR count). The van der Waals surface area contributed by atoms with E-state index in [9.17, 15) is 14.8 Å². The Morgan fingerprint density at radius 1 is 0.452 bits per heavy atom. The molecule has 0 spiro atoms. The topological polar surface area (TPSA) is 160 Å². The first kappa shape index (κ1) is 60.4. The predicted octanol–water partition coefficient (Wildman–Crippen LogP) is 16.0. The molecule has 0 bridgehead atoms. The maximum atomic E-state index is 15.6. The van der Waals surface area contributed by atoms with Crippen LogP contribution in [0.1, 0.15) is 172 Å². The number of imide groups is 3. The second-order valence-electron chi connectivity index (χ2n) is 28.9. The summed E-state index contributed by atoms with van der Waals surface area (Å²) in [7, 11) is 1.65. The van der Waals surface area contributed by atoms with Crippen LogP contribution in [0.15, 0.2) is 140 Å². The molecule has 93 heavy (non-hydrogen) atoms. The molecule has 1 fully saturated rings. The van der Waals surface area contributed by atoms with Crippen molar-refractivity contribution in [2.75, 3.05) is 62.9 Å². The smallest absolute Gasteiger partial charge is 0.266 e. The standard InChI is InChI=1S/C78H73N6O9/c1-42-37-62(43(2)36-61(42)81-69(85)51-17-15-16-50-60(31-30-52(64(50)51)70(81)86)80-34-32-79(33-35-80)47-22-24-49(92-14)25-23-47)82-71(87)53-26-28-55-66-56(29-27-54(65(53)66)72(82)88)74(90)83(73(55)89)63-41-46(76(6,7)8)40-59-68(63)93-67-57(38-45(75(3,4)5)39-58(67)78(59,12)13)44-18-20-48(21-19-44)84(91)77(9,10)11/h15-31,36-41H,32-35H2,1-14H3. The number of rotatable bonds is 8. The van der Waals surface area contributed by atoms with E-state index in [0.29, 0.717) is 50.5 Å². The van der Waals surface area contributed by atoms with E-state index in [4.69, 9.17) is 9.47 Å². The van der Waals surface area contributed by atoms with Gasteiger partial charge in [0, 0.05) is 115 Å². The molecule has 1 radical (unpaired) electrons. The van der Waals surface area contributed by atoms with Crippen molar-refractivity contribution < 1.29 is 43.4 Å². The van der Waals surface area contributed by atoms with Crippen molar-refractivity contribution in [1.82, 2.24) is 0 Å². The van der Waals surface area contributed by atoms with Crippen molar-refractivity contribution in [1.29, 1.82) is 0 Å². The number of aryl methyl sites for hydroxylation is 2. The van der Waals surface area contributed by atoms with Gasteiger partial charge in [0.15, 0.2) is 5.75 Å². The Balaban J connectivity index is 0.785. The fourth-order valence-corrected chi connectivity index (χ4v) is 14.2. The van der Waals surface area contributed by atoms with Crippen LogP contribution in [-0.4, -0.2) is 74.3 Å². The van der Waals surface area contributed by atoms with E-state index < -0.39 is 51.8 Å². The molecule has 0 saturated carbocycles. The lowest BCUT2D eigenvalue weighted by Crippen LogP contribution is -2.46. The number of fused-ring (bicyclic) bond motifs is 2. The third kappa shape index (κ3) is 9.31. The lowest BCUT2D eigenvalue weighted by Gasteiger charge is -2.40. The summed E-state index contributed by atoms with van der Waals surface area (Å²) < 4.78 is 12.6. The highest BCUT2D eigenvalue weighted by Gasteiger charge is 2.46. The van der Waals surface area contributed by atoms with E-state index in [1.54, 1.807) is 69.5 Å². The summed E-state index contributed by atoms with van der Waals surface area (Å²) in [4.78, 5) is 99.1. The van der Waals surface area contributed by atoms with Crippen LogP contribution < -0.4 is 39.0 Å². The first-order chi connectivity index (χ1) is 44.0. The molecule has 0 aliphatic carbocycles. The molecule has 0 unspecified atom stereocenters. The molecule has 15 nitrogen and oxygen atoms in total. The van der Waals surface area contributed by atoms with Gasteiger partial charge in [0.1, 0.15) is 11.5 Å². The van der Waals surface area contributed by atoms with Crippen molar-refractivity contribution in [2.45, 2.75) is 112 Å². The quantitative estimate of drug-likeness (QED) is 0.105. The minimum atomic E-state index is -0.746. The van der Waals surface area contributed by atoms with E-state index in [1.165, 1.54) is 9.80 Å². The van der Waals surface area contributed by atoms with Gasteiger partial charge in [-0.2, -0.15) is 0 Å². The molecule has 1 saturated heterocycles. The van der Waals surface area contributed by atoms with Gasteiger partial charge in [-0.1, -0.05) is 97.0 Å². The zero-order chi connectivity index (χ0) is 66.0. The van der Waals surface area contributed by atoms with Crippen molar-refractivity contribution in [2.24, 2.45) is 0 Å². The number of methoxy groups -OCH3 is 1. The van der Waals surface area contributed by atoms with E-state index in [-0.39, 0.29) is 49.8 Å². The number of anilines is 6. The van der Waals surface area contributed by atoms with Crippen LogP contribution >= 0.6 is 0 Å². The number of piperazine rings is 1. The molecule has 9 aromatic rings. The Kier molecular flexibility index (Phi) is 13.6. The molecule has 0 atom stereocenters. The third-order valence-corrected chi connectivity index (χ3v) is 19.5. The van der Waals surface area contributed by atoms with Crippen LogP contribution in [0.4, 0.5) is 34.1 Å². The summed E-state index contributed by atoms with van der Waals surface area (Å²) in [5.41, 5.74) is 8.67. The number of benzene rings is 9. The summed E-state index contributed by atoms with van der Waals surface area (Å²) in [5, 5.41) is 16.2. The summed E-state index contributed by atoms with van der Waals surface area (Å²) in [6.45, 7) is 29.1. The first-order valence-corrected chi connectivity index (χ1v) is 31.7. The SMILES string of the molecule is COc1ccc(N2CCN(c3ccc4c5c(cccc35)C(=O)N(c3cc(C)c(N5C(=O)c6ccc7c8c(ccc(c68)C5=O)C(=O)N(c5cc(C(C)(C)C)cc6c5Oc5c(-c8ccc(N([O])C(C)(C)C)cc8)cc(C(C)(C)C)cc5C6(C)C)C7=O)cc3C)C4=O)CC2)cc1. The van der Waals surface area contributed by atoms with Gasteiger partial charge in [-0.05, 0) is 176 Å². The van der Waals surface area contributed by atoms with Crippen molar-refractivity contribution in [3.8, 4) is 28.4 Å². The molecule has 0 N–H and O–H groups in total. The minimum absolute atomic E-state index is 0.121. The van der Waals surface area contributed by atoms with Crippen LogP contribution in [0.2, 0.25) is 0 Å². The number of nitrogens with zero attached hydrogens (tertiary/aromatic N) is 6. The predicted molar refractivity (Wildman–Crippen MR) is 365 cm³/mol. The molecular weight excluding hydrogens is 1160 g/mol. The van der Waals surface area contributed by atoms with Crippen LogP contribution in [0.25, 0.3) is 32.7 Å². The molecule has 469 valence electrons. The summed E-state index contributed by atoms with van der Waals surface area (Å²) >= 11 is 0. The first-order valence-electron chi connectivity index (χ1n) is 31.7. The number of carbonyl (C=O) groups is 6. The molecule has 6 amide bonds. The van der Waals surface area contributed by atoms with Gasteiger partial charge in [-0.25, -0.2) is 19.8 Å². The lowest BCUT2D eigenvalue weighted by molar-refractivity contribution is 0.0872. The minimum Gasteiger partial charge on any atom is -0.497 e. The van der Waals surface area contributed by atoms with Crippen molar-refractivity contribution in [3.63, 3.8) is 0 Å². The summed E-state index contributed by atoms with van der Waals surface area (Å²) in [5.74, 6) is -1.92. The molecule has 5 aliphatic heterocycles. The lowest BCUT2D eigenvalue weighted by atomic mass is 9.70. The average molecular weight is 1240 g/mol. The zero-order valence-corrected chi connectivity index (χ0v) is 55.0. The average Bonchev–Trinajstić information content (AvgIpc) is 0.707. The number of hydrogen-bond acceptors (Lipinski definition) is 11. The largest absolute Gasteiger partial charge is 0.497 e. The van der Waals surface area contributed by atoms with Crippen LogP contribution in [0, 0.1) is 13.8 Å².